The quantitative estimate of drug-likeness (QED) is 0.698. The Morgan fingerprint density at radius 1 is 0.962 bits per heavy atom. The van der Waals surface area contributed by atoms with E-state index < -0.39 is 11.7 Å². The molecule has 6 heteroatoms. The van der Waals surface area contributed by atoms with E-state index in [9.17, 15) is 9.18 Å². The van der Waals surface area contributed by atoms with Gasteiger partial charge in [0.2, 0.25) is 0 Å². The van der Waals surface area contributed by atoms with Gasteiger partial charge in [0.25, 0.3) is 5.91 Å². The third-order valence-corrected chi connectivity index (χ3v) is 3.83. The second-order valence-electron chi connectivity index (χ2n) is 6.17. The first-order chi connectivity index (χ1) is 12.5. The fraction of sp³-hybridized carbons (Fsp3) is 0.150. The molecule has 0 unspecified atom stereocenters. The first kappa shape index (κ1) is 17.5. The van der Waals surface area contributed by atoms with Crippen LogP contribution in [0.5, 0.6) is 0 Å². The lowest BCUT2D eigenvalue weighted by Crippen LogP contribution is -2.14. The molecule has 0 aliphatic carbocycles. The number of aromatic nitrogens is 2. The van der Waals surface area contributed by atoms with Gasteiger partial charge in [-0.15, -0.1) is 10.2 Å². The number of amides is 1. The molecule has 3 rings (SSSR count). The summed E-state index contributed by atoms with van der Waals surface area (Å²) in [5, 5.41) is 13.7. The van der Waals surface area contributed by atoms with Crippen LogP contribution in [0.25, 0.3) is 0 Å². The van der Waals surface area contributed by atoms with Crippen molar-refractivity contribution in [2.24, 2.45) is 0 Å². The zero-order valence-electron chi connectivity index (χ0n) is 14.5. The van der Waals surface area contributed by atoms with Gasteiger partial charge in [0.1, 0.15) is 5.82 Å². The standard InChI is InChI=1S/C20H19FN4O/c1-13(2)14-6-8-16(9-7-14)22-19-11-10-18(24-25-19)20(26)23-17-5-3-4-15(21)12-17/h3-13H,1-2H3,(H,22,25)(H,23,26). The first-order valence-electron chi connectivity index (χ1n) is 8.29. The molecule has 1 aromatic heterocycles. The Hall–Kier alpha value is -3.28. The molecular weight excluding hydrogens is 331 g/mol. The number of rotatable bonds is 5. The number of benzene rings is 2. The Kier molecular flexibility index (Phi) is 5.22. The van der Waals surface area contributed by atoms with Crippen LogP contribution in [0, 0.1) is 5.82 Å². The highest BCUT2D eigenvalue weighted by Gasteiger charge is 2.09. The van der Waals surface area contributed by atoms with Crippen molar-refractivity contribution in [1.82, 2.24) is 10.2 Å². The minimum Gasteiger partial charge on any atom is -0.339 e. The molecule has 0 saturated carbocycles. The molecular formula is C20H19FN4O. The van der Waals surface area contributed by atoms with Crippen LogP contribution < -0.4 is 10.6 Å². The van der Waals surface area contributed by atoms with E-state index in [4.69, 9.17) is 0 Å². The van der Waals surface area contributed by atoms with E-state index in [-0.39, 0.29) is 5.69 Å². The Bertz CT molecular complexity index is 892. The highest BCUT2D eigenvalue weighted by atomic mass is 19.1. The normalized spacial score (nSPS) is 10.6. The fourth-order valence-corrected chi connectivity index (χ4v) is 2.38. The Morgan fingerprint density at radius 2 is 1.73 bits per heavy atom. The van der Waals surface area contributed by atoms with Crippen molar-refractivity contribution in [3.63, 3.8) is 0 Å². The number of nitrogens with zero attached hydrogens (tertiary/aromatic N) is 2. The number of hydrogen-bond donors (Lipinski definition) is 2. The van der Waals surface area contributed by atoms with E-state index in [1.807, 2.05) is 12.1 Å². The number of hydrogen-bond acceptors (Lipinski definition) is 4. The molecule has 2 N–H and O–H groups in total. The van der Waals surface area contributed by atoms with Gasteiger partial charge in [-0.05, 0) is 53.9 Å². The van der Waals surface area contributed by atoms with Gasteiger partial charge in [-0.1, -0.05) is 32.0 Å². The van der Waals surface area contributed by atoms with Crippen molar-refractivity contribution in [3.05, 3.63) is 77.7 Å². The number of anilines is 3. The van der Waals surface area contributed by atoms with E-state index in [0.29, 0.717) is 17.4 Å². The van der Waals surface area contributed by atoms with E-state index in [1.54, 1.807) is 18.2 Å². The SMILES string of the molecule is CC(C)c1ccc(Nc2ccc(C(=O)Nc3cccc(F)c3)nn2)cc1. The summed E-state index contributed by atoms with van der Waals surface area (Å²) in [6, 6.07) is 17.0. The van der Waals surface area contributed by atoms with Crippen molar-refractivity contribution in [1.29, 1.82) is 0 Å². The van der Waals surface area contributed by atoms with Crippen molar-refractivity contribution < 1.29 is 9.18 Å². The molecule has 0 spiro atoms. The smallest absolute Gasteiger partial charge is 0.276 e. The lowest BCUT2D eigenvalue weighted by Gasteiger charge is -2.09. The molecule has 1 amide bonds. The van der Waals surface area contributed by atoms with Gasteiger partial charge in [-0.2, -0.15) is 0 Å². The maximum absolute atomic E-state index is 13.2. The topological polar surface area (TPSA) is 66.9 Å². The van der Waals surface area contributed by atoms with Gasteiger partial charge in [-0.25, -0.2) is 4.39 Å². The van der Waals surface area contributed by atoms with Crippen molar-refractivity contribution >= 4 is 23.1 Å². The molecule has 2 aromatic carbocycles. The average Bonchev–Trinajstić information content (AvgIpc) is 2.63. The van der Waals surface area contributed by atoms with Gasteiger partial charge >= 0.3 is 0 Å². The molecule has 26 heavy (non-hydrogen) atoms. The maximum Gasteiger partial charge on any atom is 0.276 e. The molecule has 3 aromatic rings. The summed E-state index contributed by atoms with van der Waals surface area (Å²) in [6.45, 7) is 4.28. The summed E-state index contributed by atoms with van der Waals surface area (Å²) in [7, 11) is 0. The number of nitrogens with one attached hydrogen (secondary N) is 2. The van der Waals surface area contributed by atoms with E-state index >= 15 is 0 Å². The molecule has 0 saturated heterocycles. The fourth-order valence-electron chi connectivity index (χ4n) is 2.38. The second kappa shape index (κ2) is 7.74. The first-order valence-corrected chi connectivity index (χ1v) is 8.29. The van der Waals surface area contributed by atoms with Crippen LogP contribution in [0.15, 0.2) is 60.7 Å². The molecule has 0 bridgehead atoms. The average molecular weight is 350 g/mol. The van der Waals surface area contributed by atoms with E-state index in [0.717, 1.165) is 5.69 Å². The van der Waals surface area contributed by atoms with Crippen molar-refractivity contribution in [3.8, 4) is 0 Å². The van der Waals surface area contributed by atoms with Crippen LogP contribution in [0.1, 0.15) is 35.8 Å². The summed E-state index contributed by atoms with van der Waals surface area (Å²) in [5.41, 5.74) is 2.66. The van der Waals surface area contributed by atoms with Gasteiger partial charge in [0.05, 0.1) is 0 Å². The highest BCUT2D eigenvalue weighted by molar-refractivity contribution is 6.02. The predicted octanol–water partition coefficient (Wildman–Crippen LogP) is 4.74. The third-order valence-electron chi connectivity index (χ3n) is 3.83. The summed E-state index contributed by atoms with van der Waals surface area (Å²) in [6.07, 6.45) is 0. The zero-order valence-corrected chi connectivity index (χ0v) is 14.5. The Balaban J connectivity index is 1.65. The molecule has 0 aliphatic heterocycles. The Morgan fingerprint density at radius 3 is 2.35 bits per heavy atom. The molecule has 0 atom stereocenters. The number of carbonyl (C=O) groups excluding carboxylic acids is 1. The van der Waals surface area contributed by atoms with Crippen molar-refractivity contribution in [2.45, 2.75) is 19.8 Å². The predicted molar refractivity (Wildman–Crippen MR) is 100 cm³/mol. The second-order valence-corrected chi connectivity index (χ2v) is 6.17. The maximum atomic E-state index is 13.2. The lowest BCUT2D eigenvalue weighted by molar-refractivity contribution is 0.102. The zero-order chi connectivity index (χ0) is 18.5. The van der Waals surface area contributed by atoms with Crippen molar-refractivity contribution in [2.75, 3.05) is 10.6 Å². The molecule has 132 valence electrons. The molecule has 0 radical (unpaired) electrons. The van der Waals surface area contributed by atoms with Gasteiger partial charge in [0, 0.05) is 11.4 Å². The monoisotopic (exact) mass is 350 g/mol. The summed E-state index contributed by atoms with van der Waals surface area (Å²) in [4.78, 5) is 12.1. The van der Waals surface area contributed by atoms with Crippen LogP contribution >= 0.6 is 0 Å². The third kappa shape index (κ3) is 4.42. The van der Waals surface area contributed by atoms with Gasteiger partial charge in [0.15, 0.2) is 11.5 Å². The number of halogens is 1. The summed E-state index contributed by atoms with van der Waals surface area (Å²) < 4.78 is 13.2. The summed E-state index contributed by atoms with van der Waals surface area (Å²) >= 11 is 0. The minimum absolute atomic E-state index is 0.148. The van der Waals surface area contributed by atoms with Crippen LogP contribution in [-0.2, 0) is 0 Å². The number of carbonyl (C=O) groups is 1. The van der Waals surface area contributed by atoms with Crippen LogP contribution in [0.2, 0.25) is 0 Å². The molecule has 5 nitrogen and oxygen atoms in total. The molecule has 0 aliphatic rings. The van der Waals surface area contributed by atoms with Crippen LogP contribution in [-0.4, -0.2) is 16.1 Å². The van der Waals surface area contributed by atoms with Crippen LogP contribution in [0.3, 0.4) is 0 Å². The van der Waals surface area contributed by atoms with Gasteiger partial charge < -0.3 is 10.6 Å². The lowest BCUT2D eigenvalue weighted by atomic mass is 10.0. The van der Waals surface area contributed by atoms with Gasteiger partial charge in [-0.3, -0.25) is 4.79 Å². The minimum atomic E-state index is -0.448. The van der Waals surface area contributed by atoms with E-state index in [2.05, 4.69) is 46.8 Å². The highest BCUT2D eigenvalue weighted by Crippen LogP contribution is 2.19. The molecule has 0 fully saturated rings. The summed E-state index contributed by atoms with van der Waals surface area (Å²) in [5.74, 6) is 0.136. The molecule has 1 heterocycles. The van der Waals surface area contributed by atoms with E-state index in [1.165, 1.54) is 23.8 Å². The largest absolute Gasteiger partial charge is 0.339 e. The van der Waals surface area contributed by atoms with Crippen LogP contribution in [0.4, 0.5) is 21.6 Å². The Labute approximate surface area is 151 Å².